The highest BCUT2D eigenvalue weighted by Gasteiger charge is 2.43. The minimum absolute atomic E-state index is 0.0597. The summed E-state index contributed by atoms with van der Waals surface area (Å²) in [6.45, 7) is 3.69. The minimum Gasteiger partial charge on any atom is -0.355 e. The van der Waals surface area contributed by atoms with Crippen LogP contribution in [0.4, 0.5) is 0 Å². The molecule has 1 aliphatic rings. The highest BCUT2D eigenvalue weighted by Crippen LogP contribution is 2.46. The fourth-order valence-electron chi connectivity index (χ4n) is 2.34. The van der Waals surface area contributed by atoms with Crippen LogP contribution in [0, 0.1) is 12.3 Å². The molecule has 0 spiro atoms. The number of thiazole rings is 1. The Labute approximate surface area is 122 Å². The number of amides is 1. The van der Waals surface area contributed by atoms with Crippen LogP contribution < -0.4 is 5.32 Å². The maximum atomic E-state index is 11.9. The Hall–Kier alpha value is -1.69. The van der Waals surface area contributed by atoms with Gasteiger partial charge in [0.15, 0.2) is 0 Å². The maximum Gasteiger partial charge on any atom is 0.226 e. The Morgan fingerprint density at radius 1 is 1.50 bits per heavy atom. The number of carbonyl (C=O) groups is 1. The summed E-state index contributed by atoms with van der Waals surface area (Å²) in [6, 6.07) is 0. The Kier molecular flexibility index (Phi) is 3.56. The van der Waals surface area contributed by atoms with Gasteiger partial charge in [-0.25, -0.2) is 9.97 Å². The van der Waals surface area contributed by atoms with Gasteiger partial charge in [-0.15, -0.1) is 11.3 Å². The van der Waals surface area contributed by atoms with Gasteiger partial charge in [0.05, 0.1) is 17.6 Å². The third-order valence-corrected chi connectivity index (χ3v) is 4.51. The molecule has 0 aliphatic heterocycles. The van der Waals surface area contributed by atoms with E-state index in [1.807, 2.05) is 24.7 Å². The number of rotatable bonds is 6. The van der Waals surface area contributed by atoms with E-state index in [1.165, 1.54) is 24.2 Å². The van der Waals surface area contributed by atoms with Gasteiger partial charge < -0.3 is 9.88 Å². The number of nitrogens with zero attached hydrogens (tertiary/aromatic N) is 3. The fraction of sp³-hybridized carbons (Fsp3) is 0.500. The van der Waals surface area contributed by atoms with Crippen molar-refractivity contribution in [2.75, 3.05) is 6.54 Å². The van der Waals surface area contributed by atoms with E-state index in [4.69, 9.17) is 0 Å². The van der Waals surface area contributed by atoms with Crippen molar-refractivity contribution in [3.8, 4) is 0 Å². The summed E-state index contributed by atoms with van der Waals surface area (Å²) in [7, 11) is 0. The van der Waals surface area contributed by atoms with E-state index >= 15 is 0 Å². The standard InChI is InChI=1S/C14H18N4OS/c1-11-15-4-5-18(11)9-14(2-3-14)8-16-13(19)6-12-7-20-10-17-12/h4-5,7,10H,2-3,6,8-9H2,1H3,(H,16,19). The van der Waals surface area contributed by atoms with Crippen molar-refractivity contribution in [1.29, 1.82) is 0 Å². The summed E-state index contributed by atoms with van der Waals surface area (Å²) in [5, 5.41) is 4.97. The zero-order valence-electron chi connectivity index (χ0n) is 11.5. The molecule has 20 heavy (non-hydrogen) atoms. The maximum absolute atomic E-state index is 11.9. The molecule has 2 aromatic rings. The van der Waals surface area contributed by atoms with Gasteiger partial charge in [0.1, 0.15) is 5.82 Å². The second kappa shape index (κ2) is 5.36. The Morgan fingerprint density at radius 3 is 2.95 bits per heavy atom. The average Bonchev–Trinajstić information content (AvgIpc) is 2.80. The SMILES string of the molecule is Cc1nccn1CC1(CNC(=O)Cc2cscn2)CC1. The van der Waals surface area contributed by atoms with Gasteiger partial charge in [0.25, 0.3) is 0 Å². The molecule has 1 N–H and O–H groups in total. The molecule has 0 unspecified atom stereocenters. The summed E-state index contributed by atoms with van der Waals surface area (Å²) in [5.41, 5.74) is 2.83. The molecule has 0 bridgehead atoms. The van der Waals surface area contributed by atoms with Crippen LogP contribution in [0.1, 0.15) is 24.4 Å². The molecule has 1 saturated carbocycles. The van der Waals surface area contributed by atoms with Crippen LogP contribution in [-0.2, 0) is 17.8 Å². The van der Waals surface area contributed by atoms with E-state index < -0.39 is 0 Å². The average molecular weight is 290 g/mol. The normalized spacial score (nSPS) is 16.1. The van der Waals surface area contributed by atoms with Gasteiger partial charge in [-0.3, -0.25) is 4.79 Å². The first-order valence-electron chi connectivity index (χ1n) is 6.78. The number of hydrogen-bond donors (Lipinski definition) is 1. The predicted molar refractivity (Wildman–Crippen MR) is 77.5 cm³/mol. The summed E-state index contributed by atoms with van der Waals surface area (Å²) >= 11 is 1.52. The molecule has 0 atom stereocenters. The van der Waals surface area contributed by atoms with Crippen molar-refractivity contribution >= 4 is 17.2 Å². The Morgan fingerprint density at radius 2 is 2.35 bits per heavy atom. The van der Waals surface area contributed by atoms with Crippen molar-refractivity contribution < 1.29 is 4.79 Å². The third kappa shape index (κ3) is 3.07. The number of hydrogen-bond acceptors (Lipinski definition) is 4. The summed E-state index contributed by atoms with van der Waals surface area (Å²) in [4.78, 5) is 20.3. The molecule has 0 radical (unpaired) electrons. The highest BCUT2D eigenvalue weighted by molar-refractivity contribution is 7.07. The van der Waals surface area contributed by atoms with E-state index in [1.54, 1.807) is 5.51 Å². The lowest BCUT2D eigenvalue weighted by Gasteiger charge is -2.17. The zero-order chi connectivity index (χ0) is 14.0. The minimum atomic E-state index is 0.0597. The predicted octanol–water partition coefficient (Wildman–Crippen LogP) is 1.79. The molecule has 2 heterocycles. The summed E-state index contributed by atoms with van der Waals surface area (Å²) < 4.78 is 2.17. The van der Waals surface area contributed by atoms with Crippen molar-refractivity contribution in [3.63, 3.8) is 0 Å². The number of nitrogens with one attached hydrogen (secondary N) is 1. The summed E-state index contributed by atoms with van der Waals surface area (Å²) in [5.74, 6) is 1.09. The first-order chi connectivity index (χ1) is 9.67. The summed E-state index contributed by atoms with van der Waals surface area (Å²) in [6.07, 6.45) is 6.55. The molecule has 2 aromatic heterocycles. The lowest BCUT2D eigenvalue weighted by Crippen LogP contribution is -2.33. The van der Waals surface area contributed by atoms with Crippen LogP contribution in [-0.4, -0.2) is 27.0 Å². The number of imidazole rings is 1. The lowest BCUT2D eigenvalue weighted by atomic mass is 10.1. The van der Waals surface area contributed by atoms with Crippen molar-refractivity contribution in [2.24, 2.45) is 5.41 Å². The van der Waals surface area contributed by atoms with Gasteiger partial charge in [0, 0.05) is 36.3 Å². The topological polar surface area (TPSA) is 59.8 Å². The Bertz CT molecular complexity index is 586. The largest absolute Gasteiger partial charge is 0.355 e. The first-order valence-corrected chi connectivity index (χ1v) is 7.73. The second-order valence-corrected chi connectivity index (χ2v) is 6.25. The van der Waals surface area contributed by atoms with E-state index in [2.05, 4.69) is 19.9 Å². The number of carbonyl (C=O) groups excluding carboxylic acids is 1. The van der Waals surface area contributed by atoms with Crippen molar-refractivity contribution in [1.82, 2.24) is 19.9 Å². The van der Waals surface area contributed by atoms with E-state index in [0.29, 0.717) is 6.42 Å². The number of aryl methyl sites for hydroxylation is 1. The van der Waals surface area contributed by atoms with Crippen LogP contribution in [0.2, 0.25) is 0 Å². The molecule has 1 fully saturated rings. The third-order valence-electron chi connectivity index (χ3n) is 3.87. The van der Waals surface area contributed by atoms with Gasteiger partial charge in [-0.05, 0) is 19.8 Å². The zero-order valence-corrected chi connectivity index (χ0v) is 12.3. The molecule has 5 nitrogen and oxygen atoms in total. The Balaban J connectivity index is 1.50. The second-order valence-electron chi connectivity index (χ2n) is 5.54. The first kappa shape index (κ1) is 13.3. The van der Waals surface area contributed by atoms with Gasteiger partial charge in [-0.2, -0.15) is 0 Å². The van der Waals surface area contributed by atoms with E-state index in [0.717, 1.165) is 24.6 Å². The van der Waals surface area contributed by atoms with Gasteiger partial charge in [0.2, 0.25) is 5.91 Å². The fourth-order valence-corrected chi connectivity index (χ4v) is 2.90. The molecule has 6 heteroatoms. The molecule has 0 aromatic carbocycles. The van der Waals surface area contributed by atoms with Crippen LogP contribution >= 0.6 is 11.3 Å². The van der Waals surface area contributed by atoms with E-state index in [9.17, 15) is 4.79 Å². The smallest absolute Gasteiger partial charge is 0.226 e. The molecular weight excluding hydrogens is 272 g/mol. The van der Waals surface area contributed by atoms with Crippen molar-refractivity contribution in [2.45, 2.75) is 32.7 Å². The molecule has 1 amide bonds. The lowest BCUT2D eigenvalue weighted by molar-refractivity contribution is -0.120. The quantitative estimate of drug-likeness (QED) is 0.882. The molecule has 0 saturated heterocycles. The molecule has 106 valence electrons. The van der Waals surface area contributed by atoms with E-state index in [-0.39, 0.29) is 11.3 Å². The molecule has 3 rings (SSSR count). The van der Waals surface area contributed by atoms with Gasteiger partial charge in [-0.1, -0.05) is 0 Å². The van der Waals surface area contributed by atoms with Crippen LogP contribution in [0.3, 0.4) is 0 Å². The molecule has 1 aliphatic carbocycles. The molecular formula is C14H18N4OS. The van der Waals surface area contributed by atoms with Gasteiger partial charge >= 0.3 is 0 Å². The van der Waals surface area contributed by atoms with Crippen molar-refractivity contribution in [3.05, 3.63) is 34.8 Å². The van der Waals surface area contributed by atoms with Crippen LogP contribution in [0.25, 0.3) is 0 Å². The number of aromatic nitrogens is 3. The van der Waals surface area contributed by atoms with Crippen LogP contribution in [0.15, 0.2) is 23.3 Å². The van der Waals surface area contributed by atoms with Crippen LogP contribution in [0.5, 0.6) is 0 Å². The highest BCUT2D eigenvalue weighted by atomic mass is 32.1. The monoisotopic (exact) mass is 290 g/mol.